The quantitative estimate of drug-likeness (QED) is 0.659. The number of hydrogen-bond donors (Lipinski definition) is 1. The summed E-state index contributed by atoms with van der Waals surface area (Å²) in [7, 11) is 0. The van der Waals surface area contributed by atoms with Gasteiger partial charge in [-0.3, -0.25) is 4.79 Å². The molecular formula is C20H17ClN4O3. The highest BCUT2D eigenvalue weighted by molar-refractivity contribution is 6.32. The number of carbonyl (C=O) groups is 1. The first kappa shape index (κ1) is 18.1. The third-order valence-corrected chi connectivity index (χ3v) is 4.50. The lowest BCUT2D eigenvalue weighted by Gasteiger charge is -2.07. The summed E-state index contributed by atoms with van der Waals surface area (Å²) in [5, 5.41) is 11.4. The molecule has 1 aliphatic rings. The Morgan fingerprint density at radius 1 is 1.32 bits per heavy atom. The number of aromatic nitrogens is 3. The summed E-state index contributed by atoms with van der Waals surface area (Å²) < 4.78 is 12.5. The molecule has 1 aliphatic heterocycles. The van der Waals surface area contributed by atoms with Crippen LogP contribution in [0.15, 0.2) is 48.8 Å². The standard InChI is InChI=1S/C20H17ClN4O3/c1-2-25-11-22-24-20(25)14-4-3-5-15(10-14)23-18(26)7-6-13-8-16(21)19-17(9-13)27-12-28-19/h3-11H,2,12H2,1H3,(H,23,26)/b7-6+. The molecule has 1 N–H and O–H groups in total. The van der Waals surface area contributed by atoms with Crippen LogP contribution in [0, 0.1) is 0 Å². The molecule has 2 aromatic carbocycles. The maximum Gasteiger partial charge on any atom is 0.248 e. The second-order valence-corrected chi connectivity index (χ2v) is 6.49. The lowest BCUT2D eigenvalue weighted by Crippen LogP contribution is -2.08. The predicted molar refractivity (Wildman–Crippen MR) is 106 cm³/mol. The number of fused-ring (bicyclic) bond motifs is 1. The topological polar surface area (TPSA) is 78.3 Å². The van der Waals surface area contributed by atoms with E-state index in [1.165, 1.54) is 6.08 Å². The van der Waals surface area contributed by atoms with Crippen LogP contribution in [0.25, 0.3) is 17.5 Å². The molecule has 8 heteroatoms. The number of nitrogens with zero attached hydrogens (tertiary/aromatic N) is 3. The molecule has 0 fully saturated rings. The highest BCUT2D eigenvalue weighted by Gasteiger charge is 2.17. The first-order valence-corrected chi connectivity index (χ1v) is 9.08. The summed E-state index contributed by atoms with van der Waals surface area (Å²) >= 11 is 6.16. The minimum Gasteiger partial charge on any atom is -0.454 e. The van der Waals surface area contributed by atoms with E-state index >= 15 is 0 Å². The van der Waals surface area contributed by atoms with Gasteiger partial charge in [-0.05, 0) is 42.8 Å². The molecule has 7 nitrogen and oxygen atoms in total. The molecule has 0 saturated carbocycles. The second kappa shape index (κ2) is 7.74. The maximum atomic E-state index is 12.3. The van der Waals surface area contributed by atoms with E-state index < -0.39 is 0 Å². The summed E-state index contributed by atoms with van der Waals surface area (Å²) in [6, 6.07) is 11.0. The lowest BCUT2D eigenvalue weighted by atomic mass is 10.1. The molecule has 0 unspecified atom stereocenters. The van der Waals surface area contributed by atoms with Gasteiger partial charge in [0.2, 0.25) is 12.7 Å². The number of amides is 1. The van der Waals surface area contributed by atoms with Gasteiger partial charge in [-0.1, -0.05) is 23.7 Å². The summed E-state index contributed by atoms with van der Waals surface area (Å²) in [6.45, 7) is 2.93. The van der Waals surface area contributed by atoms with Gasteiger partial charge in [-0.2, -0.15) is 0 Å². The van der Waals surface area contributed by atoms with Crippen LogP contribution in [0.3, 0.4) is 0 Å². The van der Waals surface area contributed by atoms with E-state index in [0.29, 0.717) is 22.2 Å². The van der Waals surface area contributed by atoms with E-state index in [2.05, 4.69) is 15.5 Å². The molecule has 142 valence electrons. The van der Waals surface area contributed by atoms with Gasteiger partial charge < -0.3 is 19.4 Å². The Labute approximate surface area is 166 Å². The Bertz CT molecular complexity index is 1060. The predicted octanol–water partition coefficient (Wildman–Crippen LogP) is 4.00. The normalized spacial score (nSPS) is 12.5. The summed E-state index contributed by atoms with van der Waals surface area (Å²) in [6.07, 6.45) is 4.79. The molecule has 0 saturated heterocycles. The lowest BCUT2D eigenvalue weighted by molar-refractivity contribution is -0.111. The average Bonchev–Trinajstić information content (AvgIpc) is 3.36. The minimum atomic E-state index is -0.261. The van der Waals surface area contributed by atoms with Gasteiger partial charge in [0.1, 0.15) is 6.33 Å². The van der Waals surface area contributed by atoms with Crippen molar-refractivity contribution in [2.75, 3.05) is 12.1 Å². The van der Waals surface area contributed by atoms with E-state index in [9.17, 15) is 4.79 Å². The largest absolute Gasteiger partial charge is 0.454 e. The molecule has 28 heavy (non-hydrogen) atoms. The first-order valence-electron chi connectivity index (χ1n) is 8.70. The number of halogens is 1. The van der Waals surface area contributed by atoms with Crippen molar-refractivity contribution < 1.29 is 14.3 Å². The number of ether oxygens (including phenoxy) is 2. The van der Waals surface area contributed by atoms with Crippen molar-refractivity contribution in [2.24, 2.45) is 0 Å². The number of nitrogens with one attached hydrogen (secondary N) is 1. The van der Waals surface area contributed by atoms with Crippen molar-refractivity contribution in [1.29, 1.82) is 0 Å². The van der Waals surface area contributed by atoms with Gasteiger partial charge in [0.15, 0.2) is 17.3 Å². The number of benzene rings is 2. The highest BCUT2D eigenvalue weighted by atomic mass is 35.5. The zero-order valence-corrected chi connectivity index (χ0v) is 15.8. The summed E-state index contributed by atoms with van der Waals surface area (Å²) in [4.78, 5) is 12.3. The summed E-state index contributed by atoms with van der Waals surface area (Å²) in [5.74, 6) is 1.59. The van der Waals surface area contributed by atoms with Crippen molar-refractivity contribution in [2.45, 2.75) is 13.5 Å². The number of anilines is 1. The Morgan fingerprint density at radius 3 is 3.07 bits per heavy atom. The van der Waals surface area contributed by atoms with E-state index in [1.807, 2.05) is 35.8 Å². The van der Waals surface area contributed by atoms with Gasteiger partial charge in [-0.15, -0.1) is 10.2 Å². The molecule has 0 radical (unpaired) electrons. The van der Waals surface area contributed by atoms with Crippen molar-refractivity contribution in [1.82, 2.24) is 14.8 Å². The van der Waals surface area contributed by atoms with E-state index in [-0.39, 0.29) is 12.7 Å². The van der Waals surface area contributed by atoms with Crippen molar-refractivity contribution in [3.63, 3.8) is 0 Å². The highest BCUT2D eigenvalue weighted by Crippen LogP contribution is 2.40. The van der Waals surface area contributed by atoms with Crippen LogP contribution < -0.4 is 14.8 Å². The molecule has 1 amide bonds. The monoisotopic (exact) mass is 396 g/mol. The molecule has 3 aromatic rings. The molecule has 0 spiro atoms. The van der Waals surface area contributed by atoms with E-state index in [1.54, 1.807) is 24.5 Å². The van der Waals surface area contributed by atoms with Crippen LogP contribution in [0.5, 0.6) is 11.5 Å². The van der Waals surface area contributed by atoms with Crippen LogP contribution in [-0.2, 0) is 11.3 Å². The third-order valence-electron chi connectivity index (χ3n) is 4.22. The van der Waals surface area contributed by atoms with E-state index in [0.717, 1.165) is 23.5 Å². The molecule has 4 rings (SSSR count). The maximum absolute atomic E-state index is 12.3. The molecule has 0 atom stereocenters. The van der Waals surface area contributed by atoms with Gasteiger partial charge in [0, 0.05) is 23.9 Å². The zero-order chi connectivity index (χ0) is 19.5. The minimum absolute atomic E-state index is 0.144. The van der Waals surface area contributed by atoms with Crippen LogP contribution in [-0.4, -0.2) is 27.5 Å². The van der Waals surface area contributed by atoms with Crippen LogP contribution >= 0.6 is 11.6 Å². The van der Waals surface area contributed by atoms with E-state index in [4.69, 9.17) is 21.1 Å². The smallest absolute Gasteiger partial charge is 0.248 e. The SMILES string of the molecule is CCn1cnnc1-c1cccc(NC(=O)/C=C/c2cc(Cl)c3c(c2)OCO3)c1. The fourth-order valence-corrected chi connectivity index (χ4v) is 3.16. The number of rotatable bonds is 5. The van der Waals surface area contributed by atoms with Crippen molar-refractivity contribution >= 4 is 29.3 Å². The zero-order valence-electron chi connectivity index (χ0n) is 15.1. The van der Waals surface area contributed by atoms with Gasteiger partial charge in [0.25, 0.3) is 0 Å². The number of hydrogen-bond acceptors (Lipinski definition) is 5. The molecule has 0 aliphatic carbocycles. The number of aryl methyl sites for hydroxylation is 1. The van der Waals surface area contributed by atoms with Crippen molar-refractivity contribution in [3.05, 3.63) is 59.4 Å². The Morgan fingerprint density at radius 2 is 2.21 bits per heavy atom. The van der Waals surface area contributed by atoms with Crippen LogP contribution in [0.4, 0.5) is 5.69 Å². The van der Waals surface area contributed by atoms with Gasteiger partial charge in [-0.25, -0.2) is 0 Å². The fraction of sp³-hybridized carbons (Fsp3) is 0.150. The Hall–Kier alpha value is -3.32. The molecular weight excluding hydrogens is 380 g/mol. The Kier molecular flexibility index (Phi) is 4.99. The molecule has 1 aromatic heterocycles. The van der Waals surface area contributed by atoms with Gasteiger partial charge in [0.05, 0.1) is 5.02 Å². The van der Waals surface area contributed by atoms with Crippen LogP contribution in [0.2, 0.25) is 5.02 Å². The fourth-order valence-electron chi connectivity index (χ4n) is 2.89. The second-order valence-electron chi connectivity index (χ2n) is 6.08. The molecule has 0 bridgehead atoms. The Balaban J connectivity index is 1.48. The first-order chi connectivity index (χ1) is 13.6. The van der Waals surface area contributed by atoms with Crippen LogP contribution in [0.1, 0.15) is 12.5 Å². The third kappa shape index (κ3) is 3.70. The molecule has 2 heterocycles. The number of carbonyl (C=O) groups excluding carboxylic acids is 1. The van der Waals surface area contributed by atoms with Crippen molar-refractivity contribution in [3.8, 4) is 22.9 Å². The van der Waals surface area contributed by atoms with Gasteiger partial charge >= 0.3 is 0 Å². The summed E-state index contributed by atoms with van der Waals surface area (Å²) in [5.41, 5.74) is 2.29. The average molecular weight is 397 g/mol.